The van der Waals surface area contributed by atoms with Crippen molar-refractivity contribution in [1.29, 1.82) is 0 Å². The van der Waals surface area contributed by atoms with Gasteiger partial charge in [0.25, 0.3) is 0 Å². The Morgan fingerprint density at radius 3 is 3.00 bits per heavy atom. The van der Waals surface area contributed by atoms with Crippen molar-refractivity contribution in [2.45, 2.75) is 6.92 Å². The summed E-state index contributed by atoms with van der Waals surface area (Å²) < 4.78 is 0. The number of rotatable bonds is 1. The third kappa shape index (κ3) is 1.64. The molecule has 1 rings (SSSR count). The highest BCUT2D eigenvalue weighted by atomic mass is 35.5. The van der Waals surface area contributed by atoms with E-state index in [9.17, 15) is 4.79 Å². The molecule has 56 valence electrons. The topological polar surface area (TPSA) is 42.3 Å². The summed E-state index contributed by atoms with van der Waals surface area (Å²) in [4.78, 5) is 17.1. The van der Waals surface area contributed by atoms with Gasteiger partial charge in [-0.3, -0.25) is 0 Å². The van der Waals surface area contributed by atoms with Crippen LogP contribution in [0.4, 0.5) is 5.69 Å². The molecule has 0 fully saturated rings. The smallest absolute Gasteiger partial charge is 0.240 e. The second-order valence-electron chi connectivity index (χ2n) is 1.97. The van der Waals surface area contributed by atoms with Crippen molar-refractivity contribution in [3.8, 4) is 0 Å². The van der Waals surface area contributed by atoms with E-state index in [1.807, 2.05) is 0 Å². The Balaban J connectivity index is 3.31. The molecule has 0 saturated heterocycles. The molecular weight excluding hydrogens is 164 g/mol. The van der Waals surface area contributed by atoms with Crippen molar-refractivity contribution < 1.29 is 4.79 Å². The summed E-state index contributed by atoms with van der Waals surface area (Å²) in [5, 5.41) is 0.230. The minimum atomic E-state index is 0.230. The first-order valence-corrected chi connectivity index (χ1v) is 3.32. The lowest BCUT2D eigenvalue weighted by Gasteiger charge is -1.96. The fraction of sp³-hybridized carbons (Fsp3) is 0.143. The number of aliphatic imine (C=N–C) groups is 1. The number of isocyanates is 1. The Bertz CT molecular complexity index is 298. The van der Waals surface area contributed by atoms with E-state index in [1.165, 1.54) is 6.08 Å². The highest BCUT2D eigenvalue weighted by Crippen LogP contribution is 2.24. The molecule has 0 unspecified atom stereocenters. The van der Waals surface area contributed by atoms with Crippen LogP contribution in [-0.4, -0.2) is 11.1 Å². The zero-order chi connectivity index (χ0) is 8.27. The van der Waals surface area contributed by atoms with Gasteiger partial charge in [0.1, 0.15) is 5.69 Å². The van der Waals surface area contributed by atoms with Crippen LogP contribution < -0.4 is 0 Å². The van der Waals surface area contributed by atoms with E-state index in [0.717, 1.165) is 5.56 Å². The number of carbonyl (C=O) groups excluding carboxylic acids is 1. The molecular formula is C7H5ClN2O. The molecule has 11 heavy (non-hydrogen) atoms. The van der Waals surface area contributed by atoms with Crippen molar-refractivity contribution >= 4 is 23.4 Å². The summed E-state index contributed by atoms with van der Waals surface area (Å²) in [5.41, 5.74) is 1.21. The Morgan fingerprint density at radius 1 is 1.73 bits per heavy atom. The predicted molar refractivity (Wildman–Crippen MR) is 41.8 cm³/mol. The van der Waals surface area contributed by atoms with Crippen molar-refractivity contribution in [1.82, 2.24) is 4.98 Å². The second kappa shape index (κ2) is 3.28. The zero-order valence-electron chi connectivity index (χ0n) is 5.84. The lowest BCUT2D eigenvalue weighted by Crippen LogP contribution is -1.79. The molecule has 0 aromatic carbocycles. The van der Waals surface area contributed by atoms with E-state index in [1.54, 1.807) is 19.2 Å². The monoisotopic (exact) mass is 168 g/mol. The van der Waals surface area contributed by atoms with Gasteiger partial charge in [0.15, 0.2) is 5.15 Å². The van der Waals surface area contributed by atoms with Crippen molar-refractivity contribution in [2.24, 2.45) is 4.99 Å². The minimum Gasteiger partial charge on any atom is -0.242 e. The van der Waals surface area contributed by atoms with Crippen LogP contribution in [0.25, 0.3) is 0 Å². The summed E-state index contributed by atoms with van der Waals surface area (Å²) >= 11 is 5.62. The van der Waals surface area contributed by atoms with E-state index < -0.39 is 0 Å². The lowest BCUT2D eigenvalue weighted by atomic mass is 10.3. The normalized spacial score (nSPS) is 8.91. The standard InChI is InChI=1S/C7H5ClN2O/c1-5-2-3-9-7(8)6(5)10-4-11/h2-3H,1H3. The maximum atomic E-state index is 9.90. The molecule has 0 bridgehead atoms. The average Bonchev–Trinajstić information content (AvgIpc) is 1.97. The van der Waals surface area contributed by atoms with Gasteiger partial charge in [-0.15, -0.1) is 0 Å². The third-order valence-electron chi connectivity index (χ3n) is 1.24. The molecule has 0 saturated carbocycles. The molecule has 0 amide bonds. The van der Waals surface area contributed by atoms with Crippen LogP contribution in [0.15, 0.2) is 17.3 Å². The maximum absolute atomic E-state index is 9.90. The number of halogens is 1. The molecule has 0 aliphatic carbocycles. The lowest BCUT2D eigenvalue weighted by molar-refractivity contribution is 0.565. The third-order valence-corrected chi connectivity index (χ3v) is 1.52. The highest BCUT2D eigenvalue weighted by molar-refractivity contribution is 6.31. The van der Waals surface area contributed by atoms with Gasteiger partial charge in [0.05, 0.1) is 0 Å². The Labute approximate surface area is 68.7 Å². The molecule has 0 radical (unpaired) electrons. The number of hydrogen-bond acceptors (Lipinski definition) is 3. The fourth-order valence-corrected chi connectivity index (χ4v) is 0.945. The number of aromatic nitrogens is 1. The van der Waals surface area contributed by atoms with Gasteiger partial charge in [0, 0.05) is 6.20 Å². The Morgan fingerprint density at radius 2 is 2.45 bits per heavy atom. The first kappa shape index (κ1) is 7.92. The Kier molecular flexibility index (Phi) is 2.36. The van der Waals surface area contributed by atoms with E-state index >= 15 is 0 Å². The first-order chi connectivity index (χ1) is 5.25. The maximum Gasteiger partial charge on any atom is 0.240 e. The quantitative estimate of drug-likeness (QED) is 0.366. The molecule has 0 atom stereocenters. The summed E-state index contributed by atoms with van der Waals surface area (Å²) in [6.45, 7) is 1.80. The molecule has 0 N–H and O–H groups in total. The van der Waals surface area contributed by atoms with Gasteiger partial charge in [-0.2, -0.15) is 4.99 Å². The van der Waals surface area contributed by atoms with Crippen LogP contribution in [-0.2, 0) is 4.79 Å². The molecule has 0 spiro atoms. The van der Waals surface area contributed by atoms with Crippen LogP contribution in [0.2, 0.25) is 5.15 Å². The van der Waals surface area contributed by atoms with Gasteiger partial charge < -0.3 is 0 Å². The van der Waals surface area contributed by atoms with E-state index in [2.05, 4.69) is 9.98 Å². The van der Waals surface area contributed by atoms with Crippen molar-refractivity contribution in [3.63, 3.8) is 0 Å². The summed E-state index contributed by atoms with van der Waals surface area (Å²) in [6, 6.07) is 1.72. The van der Waals surface area contributed by atoms with Gasteiger partial charge in [-0.05, 0) is 18.6 Å². The van der Waals surface area contributed by atoms with Crippen molar-refractivity contribution in [2.75, 3.05) is 0 Å². The molecule has 0 aliphatic rings. The van der Waals surface area contributed by atoms with Gasteiger partial charge in [-0.25, -0.2) is 9.78 Å². The Hall–Kier alpha value is -1.18. The molecule has 1 aromatic heterocycles. The number of nitrogens with zero attached hydrogens (tertiary/aromatic N) is 2. The number of hydrogen-bond donors (Lipinski definition) is 0. The molecule has 1 aromatic rings. The summed E-state index contributed by atoms with van der Waals surface area (Å²) in [5.74, 6) is 0. The van der Waals surface area contributed by atoms with Gasteiger partial charge in [0.2, 0.25) is 6.08 Å². The molecule has 1 heterocycles. The first-order valence-electron chi connectivity index (χ1n) is 2.94. The number of aryl methyl sites for hydroxylation is 1. The molecule has 3 nitrogen and oxygen atoms in total. The van der Waals surface area contributed by atoms with Crippen molar-refractivity contribution in [3.05, 3.63) is 23.0 Å². The van der Waals surface area contributed by atoms with Gasteiger partial charge >= 0.3 is 0 Å². The van der Waals surface area contributed by atoms with Crippen LogP contribution in [0.3, 0.4) is 0 Å². The average molecular weight is 169 g/mol. The number of pyridine rings is 1. The fourth-order valence-electron chi connectivity index (χ4n) is 0.697. The van der Waals surface area contributed by atoms with E-state index in [4.69, 9.17) is 11.6 Å². The molecule has 4 heteroatoms. The zero-order valence-corrected chi connectivity index (χ0v) is 6.59. The van der Waals surface area contributed by atoms with Crippen LogP contribution in [0.5, 0.6) is 0 Å². The van der Waals surface area contributed by atoms with E-state index in [0.29, 0.717) is 5.69 Å². The van der Waals surface area contributed by atoms with Gasteiger partial charge in [-0.1, -0.05) is 11.6 Å². The molecule has 0 aliphatic heterocycles. The second-order valence-corrected chi connectivity index (χ2v) is 2.33. The largest absolute Gasteiger partial charge is 0.242 e. The van der Waals surface area contributed by atoms with Crippen LogP contribution in [0.1, 0.15) is 5.56 Å². The summed E-state index contributed by atoms with van der Waals surface area (Å²) in [7, 11) is 0. The van der Waals surface area contributed by atoms with Crippen LogP contribution in [0, 0.1) is 6.92 Å². The SMILES string of the molecule is Cc1ccnc(Cl)c1N=C=O. The minimum absolute atomic E-state index is 0.230. The highest BCUT2D eigenvalue weighted by Gasteiger charge is 2.01. The van der Waals surface area contributed by atoms with E-state index in [-0.39, 0.29) is 5.15 Å². The summed E-state index contributed by atoms with van der Waals surface area (Å²) in [6.07, 6.45) is 2.97. The van der Waals surface area contributed by atoms with Crippen LogP contribution >= 0.6 is 11.6 Å². The predicted octanol–water partition coefficient (Wildman–Crippen LogP) is 2.01.